The highest BCUT2D eigenvalue weighted by atomic mass is 19.4. The summed E-state index contributed by atoms with van der Waals surface area (Å²) in [5.41, 5.74) is 0. The molecule has 0 spiro atoms. The van der Waals surface area contributed by atoms with Crippen LogP contribution in [-0.2, 0) is 0 Å². The SMILES string of the molecule is CC(C)CN(CC(C)C)CC(O)C(F)(F)F. The van der Waals surface area contributed by atoms with Gasteiger partial charge in [-0.25, -0.2) is 0 Å². The quantitative estimate of drug-likeness (QED) is 0.772. The van der Waals surface area contributed by atoms with E-state index in [1.165, 1.54) is 0 Å². The predicted octanol–water partition coefficient (Wildman–Crippen LogP) is 2.52. The molecule has 0 aliphatic heterocycles. The van der Waals surface area contributed by atoms with Crippen molar-refractivity contribution in [1.29, 1.82) is 0 Å². The molecule has 1 unspecified atom stereocenters. The molecule has 1 atom stereocenters. The van der Waals surface area contributed by atoms with Gasteiger partial charge in [0, 0.05) is 19.6 Å². The topological polar surface area (TPSA) is 23.5 Å². The first-order valence-corrected chi connectivity index (χ1v) is 5.60. The number of alkyl halides is 3. The summed E-state index contributed by atoms with van der Waals surface area (Å²) >= 11 is 0. The molecular weight excluding hydrogens is 219 g/mol. The van der Waals surface area contributed by atoms with E-state index in [9.17, 15) is 13.2 Å². The van der Waals surface area contributed by atoms with Crippen LogP contribution in [-0.4, -0.2) is 41.9 Å². The van der Waals surface area contributed by atoms with Gasteiger partial charge in [0.15, 0.2) is 6.10 Å². The van der Waals surface area contributed by atoms with E-state index in [0.717, 1.165) is 0 Å². The fourth-order valence-electron chi connectivity index (χ4n) is 1.60. The summed E-state index contributed by atoms with van der Waals surface area (Å²) in [5.74, 6) is 0.582. The Bertz CT molecular complexity index is 182. The van der Waals surface area contributed by atoms with E-state index in [-0.39, 0.29) is 6.54 Å². The van der Waals surface area contributed by atoms with E-state index in [1.807, 2.05) is 27.7 Å². The Hall–Kier alpha value is -0.290. The molecule has 0 bridgehead atoms. The summed E-state index contributed by atoms with van der Waals surface area (Å²) in [6.07, 6.45) is -6.77. The van der Waals surface area contributed by atoms with Gasteiger partial charge in [0.25, 0.3) is 0 Å². The van der Waals surface area contributed by atoms with Crippen LogP contribution < -0.4 is 0 Å². The number of aliphatic hydroxyl groups is 1. The lowest BCUT2D eigenvalue weighted by atomic mass is 10.1. The van der Waals surface area contributed by atoms with E-state index in [2.05, 4.69) is 0 Å². The van der Waals surface area contributed by atoms with Crippen LogP contribution >= 0.6 is 0 Å². The van der Waals surface area contributed by atoms with E-state index < -0.39 is 12.3 Å². The van der Waals surface area contributed by atoms with Crippen LogP contribution in [0, 0.1) is 11.8 Å². The largest absolute Gasteiger partial charge is 0.415 e. The van der Waals surface area contributed by atoms with Crippen molar-refractivity contribution in [2.75, 3.05) is 19.6 Å². The maximum atomic E-state index is 12.2. The van der Waals surface area contributed by atoms with Crippen LogP contribution in [0.3, 0.4) is 0 Å². The Labute approximate surface area is 95.4 Å². The third kappa shape index (κ3) is 7.06. The van der Waals surface area contributed by atoms with Crippen molar-refractivity contribution in [2.45, 2.75) is 40.0 Å². The Morgan fingerprint density at radius 2 is 1.31 bits per heavy atom. The van der Waals surface area contributed by atoms with Crippen molar-refractivity contribution in [3.05, 3.63) is 0 Å². The maximum Gasteiger partial charge on any atom is 0.415 e. The van der Waals surface area contributed by atoms with Crippen molar-refractivity contribution in [3.63, 3.8) is 0 Å². The molecule has 16 heavy (non-hydrogen) atoms. The van der Waals surface area contributed by atoms with Gasteiger partial charge in [0.05, 0.1) is 0 Å². The minimum Gasteiger partial charge on any atom is -0.382 e. The molecule has 5 heteroatoms. The molecular formula is C11H22F3NO. The van der Waals surface area contributed by atoms with Gasteiger partial charge in [-0.05, 0) is 11.8 Å². The Morgan fingerprint density at radius 1 is 0.938 bits per heavy atom. The summed E-state index contributed by atoms with van der Waals surface area (Å²) in [7, 11) is 0. The minimum atomic E-state index is -4.52. The predicted molar refractivity (Wildman–Crippen MR) is 58.2 cm³/mol. The highest BCUT2D eigenvalue weighted by Crippen LogP contribution is 2.21. The molecule has 1 N–H and O–H groups in total. The molecule has 0 aliphatic carbocycles. The average Bonchev–Trinajstić information content (AvgIpc) is 1.98. The molecule has 0 amide bonds. The lowest BCUT2D eigenvalue weighted by molar-refractivity contribution is -0.208. The maximum absolute atomic E-state index is 12.2. The lowest BCUT2D eigenvalue weighted by Crippen LogP contribution is -2.43. The molecule has 0 aromatic rings. The zero-order valence-corrected chi connectivity index (χ0v) is 10.4. The number of aliphatic hydroxyl groups excluding tert-OH is 1. The van der Waals surface area contributed by atoms with E-state index in [4.69, 9.17) is 5.11 Å². The van der Waals surface area contributed by atoms with Gasteiger partial charge in [-0.1, -0.05) is 27.7 Å². The highest BCUT2D eigenvalue weighted by molar-refractivity contribution is 4.72. The third-order valence-corrected chi connectivity index (χ3v) is 2.06. The van der Waals surface area contributed by atoms with Crippen molar-refractivity contribution in [1.82, 2.24) is 4.90 Å². The monoisotopic (exact) mass is 241 g/mol. The van der Waals surface area contributed by atoms with Gasteiger partial charge in [-0.3, -0.25) is 4.90 Å². The summed E-state index contributed by atoms with van der Waals surface area (Å²) in [6, 6.07) is 0. The fraction of sp³-hybridized carbons (Fsp3) is 1.00. The van der Waals surface area contributed by atoms with Gasteiger partial charge in [0.1, 0.15) is 0 Å². The molecule has 0 fully saturated rings. The van der Waals surface area contributed by atoms with Crippen molar-refractivity contribution in [2.24, 2.45) is 11.8 Å². The van der Waals surface area contributed by atoms with Crippen molar-refractivity contribution in [3.8, 4) is 0 Å². The summed E-state index contributed by atoms with van der Waals surface area (Å²) in [6.45, 7) is 8.62. The molecule has 0 aliphatic rings. The Kier molecular flexibility index (Phi) is 6.33. The molecule has 2 nitrogen and oxygen atoms in total. The Morgan fingerprint density at radius 3 is 1.56 bits per heavy atom. The van der Waals surface area contributed by atoms with Gasteiger partial charge in [-0.2, -0.15) is 13.2 Å². The average molecular weight is 241 g/mol. The zero-order valence-electron chi connectivity index (χ0n) is 10.4. The normalized spacial score (nSPS) is 15.2. The first-order valence-electron chi connectivity index (χ1n) is 5.60. The molecule has 98 valence electrons. The molecule has 0 rings (SSSR count). The molecule has 0 heterocycles. The van der Waals surface area contributed by atoms with E-state index in [0.29, 0.717) is 24.9 Å². The summed E-state index contributed by atoms with van der Waals surface area (Å²) in [5, 5.41) is 9.02. The van der Waals surface area contributed by atoms with Gasteiger partial charge >= 0.3 is 6.18 Å². The van der Waals surface area contributed by atoms with Gasteiger partial charge < -0.3 is 5.11 Å². The van der Waals surface area contributed by atoms with Crippen LogP contribution in [0.1, 0.15) is 27.7 Å². The summed E-state index contributed by atoms with van der Waals surface area (Å²) in [4.78, 5) is 1.67. The second-order valence-corrected chi connectivity index (χ2v) is 5.06. The summed E-state index contributed by atoms with van der Waals surface area (Å²) < 4.78 is 36.6. The number of halogens is 3. The molecule has 0 radical (unpaired) electrons. The van der Waals surface area contributed by atoms with Crippen LogP contribution in [0.5, 0.6) is 0 Å². The highest BCUT2D eigenvalue weighted by Gasteiger charge is 2.39. The van der Waals surface area contributed by atoms with E-state index in [1.54, 1.807) is 4.90 Å². The smallest absolute Gasteiger partial charge is 0.382 e. The minimum absolute atomic E-state index is 0.291. The van der Waals surface area contributed by atoms with Crippen molar-refractivity contribution < 1.29 is 18.3 Å². The number of hydrogen-bond donors (Lipinski definition) is 1. The molecule has 0 saturated carbocycles. The standard InChI is InChI=1S/C11H22F3NO/c1-8(2)5-15(6-9(3)4)7-10(16)11(12,13)14/h8-10,16H,5-7H2,1-4H3. The van der Waals surface area contributed by atoms with Gasteiger partial charge in [0.2, 0.25) is 0 Å². The lowest BCUT2D eigenvalue weighted by Gasteiger charge is -2.28. The first kappa shape index (κ1) is 15.7. The number of nitrogens with zero attached hydrogens (tertiary/aromatic N) is 1. The first-order chi connectivity index (χ1) is 7.12. The van der Waals surface area contributed by atoms with Gasteiger partial charge in [-0.15, -0.1) is 0 Å². The molecule has 0 aromatic carbocycles. The fourth-order valence-corrected chi connectivity index (χ4v) is 1.60. The zero-order chi connectivity index (χ0) is 12.9. The molecule has 0 aromatic heterocycles. The second-order valence-electron chi connectivity index (χ2n) is 5.06. The second kappa shape index (κ2) is 6.45. The third-order valence-electron chi connectivity index (χ3n) is 2.06. The number of rotatable bonds is 6. The Balaban J connectivity index is 4.30. The molecule has 0 saturated heterocycles. The van der Waals surface area contributed by atoms with E-state index >= 15 is 0 Å². The van der Waals surface area contributed by atoms with Crippen LogP contribution in [0.25, 0.3) is 0 Å². The van der Waals surface area contributed by atoms with Crippen molar-refractivity contribution >= 4 is 0 Å². The van der Waals surface area contributed by atoms with Crippen LogP contribution in [0.2, 0.25) is 0 Å². The van der Waals surface area contributed by atoms with Crippen LogP contribution in [0.15, 0.2) is 0 Å². The number of hydrogen-bond acceptors (Lipinski definition) is 2. The van der Waals surface area contributed by atoms with Crippen LogP contribution in [0.4, 0.5) is 13.2 Å².